The Hall–Kier alpha value is -3.19. The van der Waals surface area contributed by atoms with Gasteiger partial charge in [0.05, 0.1) is 13.2 Å². The Balaban J connectivity index is 0.000000697. The molecule has 2 fully saturated rings. The van der Waals surface area contributed by atoms with Crippen LogP contribution in [0.2, 0.25) is 0 Å². The second-order valence-electron chi connectivity index (χ2n) is 13.2. The molecular formula is C24H31N2O41S7-7. The molecule has 0 saturated carbocycles. The molecule has 2 saturated heterocycles. The van der Waals surface area contributed by atoms with Crippen LogP contribution in [0, 0.1) is 0 Å². The van der Waals surface area contributed by atoms with E-state index in [1.165, 1.54) is 9.44 Å². The van der Waals surface area contributed by atoms with E-state index in [2.05, 4.69) is 57.5 Å². The predicted molar refractivity (Wildman–Crippen MR) is 198 cm³/mol. The molecule has 43 nitrogen and oxygen atoms in total. The molecule has 4 aliphatic heterocycles. The number of nitrogens with one attached hydrogen (secondary N) is 2. The number of carboxylic acids is 2. The smallest absolute Gasteiger partial charge is 0.371 e. The van der Waals surface area contributed by atoms with Crippen LogP contribution < -0.4 is 20.0 Å². The van der Waals surface area contributed by atoms with Gasteiger partial charge in [-0.1, -0.05) is 0 Å². The summed E-state index contributed by atoms with van der Waals surface area (Å²) in [5.41, 5.74) is 0. The second kappa shape index (κ2) is 29.5. The van der Waals surface area contributed by atoms with Crippen molar-refractivity contribution < 1.29 is 190 Å². The van der Waals surface area contributed by atoms with Crippen LogP contribution in [0.3, 0.4) is 0 Å². The first kappa shape index (κ1) is 68.8. The van der Waals surface area contributed by atoms with Crippen molar-refractivity contribution in [3.05, 3.63) is 23.7 Å². The minimum Gasteiger partial charge on any atom is -0.735 e. The average molecular weight is 1230 g/mol. The SMILES string of the molecule is O=C(O)C1=C[C@H](O)C(OS(=O)(=O)[O-])[C@H](O[C@@H]2C(CO)OC(O)C(NS(=O)(=O)[O-])[C@H]2OO[O-])O1.O=C(O)C1=C[C@H](O)C(OS(=O)(=O)[O-])[C@H](O[C@@H]2C(COS(=O)(=O)[O-])OC(O)C(NS(=O)(=O)[O-])[C@H]2OO[O-])O1.O=S.O=S. The molecule has 0 aromatic rings. The van der Waals surface area contributed by atoms with Crippen LogP contribution in [0.1, 0.15) is 0 Å². The summed E-state index contributed by atoms with van der Waals surface area (Å²) in [6.45, 7) is -2.48. The van der Waals surface area contributed by atoms with Gasteiger partial charge in [0.15, 0.2) is 70.5 Å². The molecule has 4 heterocycles. The largest absolute Gasteiger partial charge is 0.735 e. The first-order valence-electron chi connectivity index (χ1n) is 17.7. The fourth-order valence-corrected chi connectivity index (χ4v) is 8.45. The molecular weight excluding hydrogens is 1200 g/mol. The number of rotatable bonds is 22. The van der Waals surface area contributed by atoms with Gasteiger partial charge in [-0.15, -0.1) is 0 Å². The van der Waals surface area contributed by atoms with Crippen LogP contribution >= 0.6 is 0 Å². The molecule has 0 aliphatic carbocycles. The highest BCUT2D eigenvalue weighted by atomic mass is 32.3. The zero-order chi connectivity index (χ0) is 57.5. The van der Waals surface area contributed by atoms with Gasteiger partial charge in [-0.2, -0.15) is 8.42 Å². The van der Waals surface area contributed by atoms with Gasteiger partial charge in [0.2, 0.25) is 55.3 Å². The first-order chi connectivity index (χ1) is 34.0. The Morgan fingerprint density at radius 3 is 1.19 bits per heavy atom. The number of aliphatic carboxylic acids is 2. The van der Waals surface area contributed by atoms with Crippen molar-refractivity contribution in [1.82, 2.24) is 9.44 Å². The molecule has 0 amide bonds. The van der Waals surface area contributed by atoms with Crippen LogP contribution in [0.25, 0.3) is 0 Å². The highest BCUT2D eigenvalue weighted by Crippen LogP contribution is 2.33. The second-order valence-corrected chi connectivity index (χ2v) is 18.6. The van der Waals surface area contributed by atoms with Gasteiger partial charge in [-0.3, -0.25) is 22.6 Å². The van der Waals surface area contributed by atoms with Crippen molar-refractivity contribution in [3.8, 4) is 0 Å². The topological polar surface area (TPSA) is 686 Å². The molecule has 74 heavy (non-hydrogen) atoms. The number of aliphatic hydroxyl groups excluding tert-OH is 5. The Morgan fingerprint density at radius 1 is 0.568 bits per heavy atom. The summed E-state index contributed by atoms with van der Waals surface area (Å²) in [6, 6.07) is -4.47. The fourth-order valence-electron chi connectivity index (χ4n) is 6.03. The monoisotopic (exact) mass is 1230 g/mol. The number of ether oxygens (including phenoxy) is 6. The lowest BCUT2D eigenvalue weighted by molar-refractivity contribution is -0.807. The van der Waals surface area contributed by atoms with E-state index in [9.17, 15) is 110 Å². The third-order valence-corrected chi connectivity index (χ3v) is 11.0. The summed E-state index contributed by atoms with van der Waals surface area (Å²) < 4.78 is 225. The van der Waals surface area contributed by atoms with Gasteiger partial charge in [0.1, 0.15) is 60.9 Å². The maximum absolute atomic E-state index is 11.3. The molecule has 9 N–H and O–H groups in total. The van der Waals surface area contributed by atoms with E-state index in [1.807, 2.05) is 0 Å². The number of carboxylic acid groups (broad SMARTS) is 2. The van der Waals surface area contributed by atoms with E-state index < -0.39 is 187 Å². The van der Waals surface area contributed by atoms with E-state index in [-0.39, 0.29) is 0 Å². The standard InChI is InChI=1S/C12H19NO21S3.C12H19NO18S2.2OS/c14-3-1-4(10(15)16)30-12(7(3)33-37(25,26)27)31-8-5(2-28-36(22,23)24)29-11(17)6(9(8)32-34-18)13-35(19,20)21;14-2-5-8(9(29-31-19)6(11(18)26-5)13-32(20,21)22)28-12-7(30-33(23,24)25)3(15)1-4(27-12)10(16)17;2*1-2/h1,3,5-9,11-14,17-18H,2H2,(H,15,16)(H,19,20,21)(H,22,23,24)(H,25,26,27);1,3,5-9,11-15,18-19H,2H2,(H,16,17)(H,20,21,22)(H,23,24,25);;/p-7/t2*3-,5?,6?,7?,8+,9+,11?,12-;;/m00../s1. The predicted octanol–water partition coefficient (Wildman–Crippen LogP) is -13.9. The summed E-state index contributed by atoms with van der Waals surface area (Å²) >= 11 is 5.67. The third-order valence-electron chi connectivity index (χ3n) is 8.55. The summed E-state index contributed by atoms with van der Waals surface area (Å²) in [5, 5.41) is 95.3. The molecule has 0 bridgehead atoms. The summed E-state index contributed by atoms with van der Waals surface area (Å²) in [7, 11) is -27.6. The average Bonchev–Trinajstić information content (AvgIpc) is 3.26. The maximum atomic E-state index is 11.3. The van der Waals surface area contributed by atoms with Gasteiger partial charge < -0.3 is 97.4 Å². The number of hydrogen-bond acceptors (Lipinski definition) is 41. The Kier molecular flexibility index (Phi) is 27.5. The van der Waals surface area contributed by atoms with Crippen LogP contribution in [0.15, 0.2) is 23.7 Å². The first-order valence-corrected chi connectivity index (χ1v) is 25.2. The zero-order valence-electron chi connectivity index (χ0n) is 34.7. The normalized spacial score (nSPS) is 32.6. The van der Waals surface area contributed by atoms with Gasteiger partial charge in [-0.25, -0.2) is 70.9 Å². The number of aliphatic hydroxyl groups is 5. The van der Waals surface area contributed by atoms with E-state index in [4.69, 9.17) is 47.1 Å². The van der Waals surface area contributed by atoms with Crippen LogP contribution in [-0.2, 0) is 147 Å². The van der Waals surface area contributed by atoms with Crippen molar-refractivity contribution in [2.45, 2.75) is 98.3 Å². The van der Waals surface area contributed by atoms with E-state index in [0.717, 1.165) is 0 Å². The van der Waals surface area contributed by atoms with Crippen LogP contribution in [-0.4, -0.2) is 232 Å². The zero-order valence-corrected chi connectivity index (χ0v) is 40.4. The van der Waals surface area contributed by atoms with Crippen molar-refractivity contribution >= 4 is 88.8 Å². The molecule has 0 aromatic carbocycles. The van der Waals surface area contributed by atoms with E-state index in [0.29, 0.717) is 12.2 Å². The maximum Gasteiger partial charge on any atom is 0.371 e. The lowest BCUT2D eigenvalue weighted by Gasteiger charge is -2.46. The fraction of sp³-hybridized carbons (Fsp3) is 0.750. The van der Waals surface area contributed by atoms with Gasteiger partial charge >= 0.3 is 11.9 Å². The Labute approximate surface area is 421 Å². The summed E-state index contributed by atoms with van der Waals surface area (Å²) in [4.78, 5) is 31.0. The Bertz CT molecular complexity index is 2480. The van der Waals surface area contributed by atoms with E-state index in [1.54, 1.807) is 0 Å². The van der Waals surface area contributed by atoms with Gasteiger partial charge in [-0.05, 0) is 12.2 Å². The molecule has 0 spiro atoms. The molecule has 0 aromatic heterocycles. The van der Waals surface area contributed by atoms with Crippen molar-refractivity contribution in [2.24, 2.45) is 0 Å². The van der Waals surface area contributed by atoms with Crippen LogP contribution in [0.4, 0.5) is 0 Å². The minimum atomic E-state index is -5.68. The lowest BCUT2D eigenvalue weighted by Crippen LogP contribution is -2.67. The van der Waals surface area contributed by atoms with Crippen molar-refractivity contribution in [2.75, 3.05) is 13.2 Å². The molecule has 432 valence electrons. The molecule has 4 aliphatic rings. The molecule has 8 unspecified atom stereocenters. The van der Waals surface area contributed by atoms with Crippen molar-refractivity contribution in [1.29, 1.82) is 0 Å². The third kappa shape index (κ3) is 22.4. The number of carbonyl (C=O) groups is 2. The quantitative estimate of drug-likeness (QED) is 0.0210. The molecule has 0 radical (unpaired) electrons. The van der Waals surface area contributed by atoms with Crippen molar-refractivity contribution in [3.63, 3.8) is 0 Å². The molecule has 50 heteroatoms. The molecule has 4 rings (SSSR count). The van der Waals surface area contributed by atoms with Gasteiger partial charge in [0, 0.05) is 0 Å². The minimum absolute atomic E-state index is 0.368. The molecule has 16 atom stereocenters. The highest BCUT2D eigenvalue weighted by Gasteiger charge is 2.54. The number of hydrogen-bond donors (Lipinski definition) is 9. The highest BCUT2D eigenvalue weighted by molar-refractivity contribution is 7.84. The van der Waals surface area contributed by atoms with Gasteiger partial charge in [0.25, 0.3) is 0 Å². The van der Waals surface area contributed by atoms with E-state index >= 15 is 0 Å². The summed E-state index contributed by atoms with van der Waals surface area (Å²) in [5.74, 6) is -5.85. The summed E-state index contributed by atoms with van der Waals surface area (Å²) in [6.07, 6.45) is -30.6. The lowest BCUT2D eigenvalue weighted by atomic mass is 9.97. The Morgan fingerprint density at radius 2 is 0.905 bits per heavy atom. The van der Waals surface area contributed by atoms with Crippen LogP contribution in [0.5, 0.6) is 0 Å².